The molecule has 0 saturated heterocycles. The molecule has 0 aliphatic rings. The van der Waals surface area contributed by atoms with E-state index in [-0.39, 0.29) is 19.1 Å². The fourth-order valence-corrected chi connectivity index (χ4v) is 2.52. The number of ether oxygens (including phenoxy) is 1. The Morgan fingerprint density at radius 3 is 2.62 bits per heavy atom. The smallest absolute Gasteiger partial charge is 0.265 e. The summed E-state index contributed by atoms with van der Waals surface area (Å²) in [6.45, 7) is 0.0819. The third-order valence-corrected chi connectivity index (χ3v) is 3.91. The summed E-state index contributed by atoms with van der Waals surface area (Å²) >= 11 is 5.84. The van der Waals surface area contributed by atoms with Crippen LogP contribution in [0.3, 0.4) is 0 Å². The van der Waals surface area contributed by atoms with Crippen LogP contribution in [0.1, 0.15) is 5.56 Å². The molecule has 0 unspecified atom stereocenters. The van der Waals surface area contributed by atoms with E-state index < -0.39 is 5.82 Å². The van der Waals surface area contributed by atoms with Gasteiger partial charge in [-0.1, -0.05) is 23.7 Å². The highest BCUT2D eigenvalue weighted by Gasteiger charge is 2.18. The van der Waals surface area contributed by atoms with Crippen LogP contribution in [0.25, 0.3) is 0 Å². The molecule has 0 bridgehead atoms. The number of halogens is 2. The Balaban J connectivity index is 1.77. The van der Waals surface area contributed by atoms with Crippen molar-refractivity contribution in [1.29, 1.82) is 0 Å². The first-order chi connectivity index (χ1) is 12.6. The maximum absolute atomic E-state index is 13.6. The second-order valence-electron chi connectivity index (χ2n) is 5.56. The van der Waals surface area contributed by atoms with Crippen LogP contribution in [-0.4, -0.2) is 17.5 Å². The zero-order chi connectivity index (χ0) is 18.4. The highest BCUT2D eigenvalue weighted by atomic mass is 35.5. The van der Waals surface area contributed by atoms with Crippen molar-refractivity contribution in [3.8, 4) is 5.75 Å². The first-order valence-electron chi connectivity index (χ1n) is 7.95. The number of hydrogen-bond donors (Lipinski definition) is 0. The van der Waals surface area contributed by atoms with Gasteiger partial charge in [-0.3, -0.25) is 9.78 Å². The molecular weight excluding hydrogens is 355 g/mol. The maximum atomic E-state index is 13.6. The minimum absolute atomic E-state index is 0.182. The fourth-order valence-electron chi connectivity index (χ4n) is 2.40. The standard InChI is InChI=1S/C20H16ClFN2O2/c21-16-6-8-19(9-7-16)26-14-20(25)24(13-15-3-2-10-23-12-15)18-5-1-4-17(22)11-18/h1-12H,13-14H2. The van der Waals surface area contributed by atoms with Crippen LogP contribution in [0.4, 0.5) is 10.1 Å². The molecule has 26 heavy (non-hydrogen) atoms. The molecule has 3 rings (SSSR count). The number of hydrogen-bond acceptors (Lipinski definition) is 3. The van der Waals surface area contributed by atoms with E-state index in [1.165, 1.54) is 17.0 Å². The number of rotatable bonds is 6. The Kier molecular flexibility index (Phi) is 5.81. The Morgan fingerprint density at radius 2 is 1.92 bits per heavy atom. The number of carbonyl (C=O) groups excluding carboxylic acids is 1. The molecule has 0 radical (unpaired) electrons. The number of pyridine rings is 1. The van der Waals surface area contributed by atoms with Gasteiger partial charge in [0, 0.05) is 23.1 Å². The van der Waals surface area contributed by atoms with Gasteiger partial charge in [0.2, 0.25) is 0 Å². The summed E-state index contributed by atoms with van der Waals surface area (Å²) in [5.74, 6) is -0.178. The van der Waals surface area contributed by atoms with E-state index in [0.29, 0.717) is 16.5 Å². The fraction of sp³-hybridized carbons (Fsp3) is 0.100. The van der Waals surface area contributed by atoms with Gasteiger partial charge in [0.05, 0.1) is 6.54 Å². The number of amides is 1. The van der Waals surface area contributed by atoms with Gasteiger partial charge in [-0.2, -0.15) is 0 Å². The van der Waals surface area contributed by atoms with Crippen LogP contribution in [0.15, 0.2) is 73.1 Å². The summed E-state index contributed by atoms with van der Waals surface area (Å²) < 4.78 is 19.2. The van der Waals surface area contributed by atoms with Gasteiger partial charge in [0.15, 0.2) is 6.61 Å². The minimum Gasteiger partial charge on any atom is -0.484 e. The van der Waals surface area contributed by atoms with E-state index in [9.17, 15) is 9.18 Å². The largest absolute Gasteiger partial charge is 0.484 e. The third kappa shape index (κ3) is 4.80. The van der Waals surface area contributed by atoms with Crippen LogP contribution in [-0.2, 0) is 11.3 Å². The highest BCUT2D eigenvalue weighted by Crippen LogP contribution is 2.20. The summed E-state index contributed by atoms with van der Waals surface area (Å²) in [7, 11) is 0. The zero-order valence-electron chi connectivity index (χ0n) is 13.8. The zero-order valence-corrected chi connectivity index (χ0v) is 14.6. The van der Waals surface area contributed by atoms with Gasteiger partial charge in [0.1, 0.15) is 11.6 Å². The molecule has 0 fully saturated rings. The number of carbonyl (C=O) groups is 1. The van der Waals surface area contributed by atoms with E-state index in [0.717, 1.165) is 5.56 Å². The number of anilines is 1. The number of aromatic nitrogens is 1. The molecule has 1 amide bonds. The monoisotopic (exact) mass is 370 g/mol. The average molecular weight is 371 g/mol. The summed E-state index contributed by atoms with van der Waals surface area (Å²) in [5.41, 5.74) is 1.29. The van der Waals surface area contributed by atoms with Crippen molar-refractivity contribution in [3.63, 3.8) is 0 Å². The quantitative estimate of drug-likeness (QED) is 0.642. The molecule has 3 aromatic rings. The number of benzene rings is 2. The lowest BCUT2D eigenvalue weighted by molar-refractivity contribution is -0.120. The molecule has 6 heteroatoms. The summed E-state index contributed by atoms with van der Waals surface area (Å²) in [6, 6.07) is 16.3. The van der Waals surface area contributed by atoms with Crippen molar-refractivity contribution in [1.82, 2.24) is 4.98 Å². The van der Waals surface area contributed by atoms with Crippen LogP contribution in [0, 0.1) is 5.82 Å². The molecule has 0 N–H and O–H groups in total. The van der Waals surface area contributed by atoms with E-state index in [1.807, 2.05) is 6.07 Å². The van der Waals surface area contributed by atoms with Crippen molar-refractivity contribution >= 4 is 23.2 Å². The SMILES string of the molecule is O=C(COc1ccc(Cl)cc1)N(Cc1cccnc1)c1cccc(F)c1. The van der Waals surface area contributed by atoms with Crippen LogP contribution >= 0.6 is 11.6 Å². The van der Waals surface area contributed by atoms with Gasteiger partial charge in [-0.15, -0.1) is 0 Å². The minimum atomic E-state index is -0.412. The van der Waals surface area contributed by atoms with Crippen LogP contribution in [0.5, 0.6) is 5.75 Å². The molecule has 0 spiro atoms. The number of nitrogens with zero attached hydrogens (tertiary/aromatic N) is 2. The van der Waals surface area contributed by atoms with Crippen LogP contribution in [0.2, 0.25) is 5.02 Å². The van der Waals surface area contributed by atoms with E-state index in [2.05, 4.69) is 4.98 Å². The molecule has 0 aliphatic heterocycles. The van der Waals surface area contributed by atoms with Gasteiger partial charge in [0.25, 0.3) is 5.91 Å². The molecule has 2 aromatic carbocycles. The second-order valence-corrected chi connectivity index (χ2v) is 6.00. The lowest BCUT2D eigenvalue weighted by Gasteiger charge is -2.23. The Bertz CT molecular complexity index is 872. The van der Waals surface area contributed by atoms with Gasteiger partial charge < -0.3 is 9.64 Å². The van der Waals surface area contributed by atoms with E-state index in [4.69, 9.17) is 16.3 Å². The summed E-state index contributed by atoms with van der Waals surface area (Å²) in [6.07, 6.45) is 3.32. The molecule has 0 aliphatic carbocycles. The topological polar surface area (TPSA) is 42.4 Å². The molecular formula is C20H16ClFN2O2. The summed E-state index contributed by atoms with van der Waals surface area (Å²) in [4.78, 5) is 18.3. The first kappa shape index (κ1) is 17.9. The second kappa shape index (κ2) is 8.45. The Labute approximate surface area is 155 Å². The molecule has 1 aromatic heterocycles. The normalized spacial score (nSPS) is 10.4. The van der Waals surface area contributed by atoms with Crippen molar-refractivity contribution in [2.75, 3.05) is 11.5 Å². The van der Waals surface area contributed by atoms with E-state index >= 15 is 0 Å². The molecule has 132 valence electrons. The van der Waals surface area contributed by atoms with Crippen molar-refractivity contribution in [2.24, 2.45) is 0 Å². The summed E-state index contributed by atoms with van der Waals surface area (Å²) in [5, 5.41) is 0.585. The van der Waals surface area contributed by atoms with E-state index in [1.54, 1.807) is 54.9 Å². The van der Waals surface area contributed by atoms with Crippen LogP contribution < -0.4 is 9.64 Å². The van der Waals surface area contributed by atoms with Crippen molar-refractivity contribution in [3.05, 3.63) is 89.5 Å². The predicted octanol–water partition coefficient (Wildman–Crippen LogP) is 4.49. The van der Waals surface area contributed by atoms with Gasteiger partial charge in [-0.05, 0) is 54.1 Å². The molecule has 4 nitrogen and oxygen atoms in total. The van der Waals surface area contributed by atoms with Gasteiger partial charge >= 0.3 is 0 Å². The Hall–Kier alpha value is -2.92. The first-order valence-corrected chi connectivity index (χ1v) is 8.33. The lowest BCUT2D eigenvalue weighted by atomic mass is 10.2. The molecule has 0 atom stereocenters. The molecule has 0 saturated carbocycles. The van der Waals surface area contributed by atoms with Crippen molar-refractivity contribution in [2.45, 2.75) is 6.54 Å². The third-order valence-electron chi connectivity index (χ3n) is 3.66. The predicted molar refractivity (Wildman–Crippen MR) is 98.8 cm³/mol. The maximum Gasteiger partial charge on any atom is 0.265 e. The molecule has 1 heterocycles. The van der Waals surface area contributed by atoms with Gasteiger partial charge in [-0.25, -0.2) is 4.39 Å². The Morgan fingerprint density at radius 1 is 1.12 bits per heavy atom. The average Bonchev–Trinajstić information content (AvgIpc) is 2.66. The van der Waals surface area contributed by atoms with Crippen molar-refractivity contribution < 1.29 is 13.9 Å². The lowest BCUT2D eigenvalue weighted by Crippen LogP contribution is -2.34. The highest BCUT2D eigenvalue weighted by molar-refractivity contribution is 6.30.